The highest BCUT2D eigenvalue weighted by molar-refractivity contribution is 6.02. The zero-order valence-corrected chi connectivity index (χ0v) is 19.5. The lowest BCUT2D eigenvalue weighted by atomic mass is 9.93. The van der Waals surface area contributed by atoms with Crippen LogP contribution in [0.4, 0.5) is 5.69 Å². The van der Waals surface area contributed by atoms with Gasteiger partial charge in [-0.15, -0.1) is 0 Å². The van der Waals surface area contributed by atoms with Crippen LogP contribution in [0, 0.1) is 0 Å². The van der Waals surface area contributed by atoms with Gasteiger partial charge in [0.1, 0.15) is 18.1 Å². The molecule has 2 aromatic carbocycles. The first-order chi connectivity index (χ1) is 15.7. The lowest BCUT2D eigenvalue weighted by Crippen LogP contribution is -2.55. The minimum Gasteiger partial charge on any atom is -0.493 e. The number of nitrogens with one attached hydrogen (secondary N) is 1. The van der Waals surface area contributed by atoms with E-state index in [9.17, 15) is 14.7 Å². The molecular formula is C25H31N3O5. The Morgan fingerprint density at radius 2 is 1.91 bits per heavy atom. The van der Waals surface area contributed by atoms with Crippen molar-refractivity contribution in [3.8, 4) is 11.5 Å². The number of benzene rings is 2. The number of aliphatic hydroxyl groups is 1. The highest BCUT2D eigenvalue weighted by Gasteiger charge is 2.42. The molecule has 2 aliphatic rings. The normalized spacial score (nSPS) is 19.8. The van der Waals surface area contributed by atoms with Crippen molar-refractivity contribution in [2.45, 2.75) is 51.6 Å². The minimum absolute atomic E-state index is 0.130. The van der Waals surface area contributed by atoms with Gasteiger partial charge in [0, 0.05) is 12.6 Å². The van der Waals surface area contributed by atoms with Crippen LogP contribution in [0.2, 0.25) is 0 Å². The fourth-order valence-electron chi connectivity index (χ4n) is 4.49. The molecule has 0 saturated carbocycles. The first-order valence-electron chi connectivity index (χ1n) is 11.1. The maximum atomic E-state index is 13.8. The molecule has 2 atom stereocenters. The van der Waals surface area contributed by atoms with Gasteiger partial charge in [-0.1, -0.05) is 24.3 Å². The minimum atomic E-state index is -0.987. The van der Waals surface area contributed by atoms with Crippen molar-refractivity contribution < 1.29 is 24.2 Å². The van der Waals surface area contributed by atoms with Crippen molar-refractivity contribution in [3.05, 3.63) is 53.1 Å². The van der Waals surface area contributed by atoms with Crippen LogP contribution in [0.3, 0.4) is 0 Å². The van der Waals surface area contributed by atoms with E-state index >= 15 is 0 Å². The van der Waals surface area contributed by atoms with Gasteiger partial charge in [0.2, 0.25) is 0 Å². The highest BCUT2D eigenvalue weighted by atomic mass is 16.5. The van der Waals surface area contributed by atoms with E-state index in [-0.39, 0.29) is 19.1 Å². The fraction of sp³-hybridized carbons (Fsp3) is 0.440. The van der Waals surface area contributed by atoms with Crippen LogP contribution < -0.4 is 19.7 Å². The molecule has 0 saturated heterocycles. The van der Waals surface area contributed by atoms with Gasteiger partial charge in [0.25, 0.3) is 5.91 Å². The predicted octanol–water partition coefficient (Wildman–Crippen LogP) is 2.32. The fourth-order valence-corrected chi connectivity index (χ4v) is 4.49. The number of carbonyl (C=O) groups is 2. The molecule has 1 amide bonds. The molecular weight excluding hydrogens is 422 g/mol. The van der Waals surface area contributed by atoms with Gasteiger partial charge < -0.3 is 29.2 Å². The smallest absolute Gasteiger partial charge is 0.256 e. The average Bonchev–Trinajstić information content (AvgIpc) is 2.85. The number of carbonyl (C=O) groups excluding carboxylic acids is 2. The molecule has 0 radical (unpaired) electrons. The number of fused-ring (bicyclic) bond motifs is 3. The van der Waals surface area contributed by atoms with Crippen molar-refractivity contribution in [1.29, 1.82) is 0 Å². The SMILES string of the molecule is COc1cc2c(cc1OC(C)(C)C)N(CNCC=O)C(O)[C@@H]1Cc3ccccc3CN1C2=O. The van der Waals surface area contributed by atoms with Gasteiger partial charge in [-0.3, -0.25) is 10.1 Å². The molecule has 0 bridgehead atoms. The summed E-state index contributed by atoms with van der Waals surface area (Å²) in [7, 11) is 1.54. The van der Waals surface area contributed by atoms with Crippen molar-refractivity contribution >= 4 is 17.9 Å². The largest absolute Gasteiger partial charge is 0.493 e. The highest BCUT2D eigenvalue weighted by Crippen LogP contribution is 2.41. The summed E-state index contributed by atoms with van der Waals surface area (Å²) in [4.78, 5) is 28.2. The summed E-state index contributed by atoms with van der Waals surface area (Å²) >= 11 is 0. The van der Waals surface area contributed by atoms with E-state index in [0.717, 1.165) is 17.4 Å². The number of aliphatic hydroxyl groups excluding tert-OH is 1. The summed E-state index contributed by atoms with van der Waals surface area (Å²) in [5, 5.41) is 14.5. The van der Waals surface area contributed by atoms with Gasteiger partial charge in [-0.25, -0.2) is 0 Å². The first-order valence-corrected chi connectivity index (χ1v) is 11.1. The lowest BCUT2D eigenvalue weighted by molar-refractivity contribution is -0.107. The van der Waals surface area contributed by atoms with Crippen LogP contribution in [0.5, 0.6) is 11.5 Å². The monoisotopic (exact) mass is 453 g/mol. The number of hydrogen-bond acceptors (Lipinski definition) is 7. The molecule has 0 fully saturated rings. The van der Waals surface area contributed by atoms with Crippen LogP contribution in [-0.4, -0.2) is 60.4 Å². The molecule has 2 N–H and O–H groups in total. The summed E-state index contributed by atoms with van der Waals surface area (Å²) in [6, 6.07) is 11.0. The Kier molecular flexibility index (Phi) is 6.32. The number of methoxy groups -OCH3 is 1. The Morgan fingerprint density at radius 3 is 2.58 bits per heavy atom. The van der Waals surface area contributed by atoms with Gasteiger partial charge in [-0.05, 0) is 44.4 Å². The number of aldehydes is 1. The third-order valence-electron chi connectivity index (χ3n) is 5.96. The van der Waals surface area contributed by atoms with E-state index in [1.807, 2.05) is 45.0 Å². The average molecular weight is 454 g/mol. The third-order valence-corrected chi connectivity index (χ3v) is 5.96. The van der Waals surface area contributed by atoms with Crippen LogP contribution >= 0.6 is 0 Å². The van der Waals surface area contributed by atoms with E-state index in [1.54, 1.807) is 21.9 Å². The maximum absolute atomic E-state index is 13.8. The maximum Gasteiger partial charge on any atom is 0.256 e. The van der Waals surface area contributed by atoms with Crippen molar-refractivity contribution in [2.75, 3.05) is 25.2 Å². The number of rotatable bonds is 6. The van der Waals surface area contributed by atoms with E-state index in [2.05, 4.69) is 5.32 Å². The Balaban J connectivity index is 1.84. The second kappa shape index (κ2) is 9.03. The Morgan fingerprint density at radius 1 is 1.18 bits per heavy atom. The lowest BCUT2D eigenvalue weighted by Gasteiger charge is -2.40. The van der Waals surface area contributed by atoms with Crippen LogP contribution in [0.25, 0.3) is 0 Å². The summed E-state index contributed by atoms with van der Waals surface area (Å²) in [6.07, 6.45) is 0.310. The Labute approximate surface area is 194 Å². The first kappa shape index (κ1) is 23.1. The molecule has 33 heavy (non-hydrogen) atoms. The molecule has 2 aliphatic heterocycles. The summed E-state index contributed by atoms with van der Waals surface area (Å²) in [6.45, 7) is 6.52. The molecule has 2 heterocycles. The quantitative estimate of drug-likeness (QED) is 0.512. The Hall–Kier alpha value is -3.10. The topological polar surface area (TPSA) is 91.3 Å². The van der Waals surface area contributed by atoms with Crippen molar-refractivity contribution in [1.82, 2.24) is 10.2 Å². The standard InChI is InChI=1S/C25H31N3O5/c1-25(2,3)33-22-13-19-18(12-21(22)32-4)23(30)27-14-17-8-6-5-7-16(17)11-20(27)24(31)28(19)15-26-9-10-29/h5-8,10,12-13,20,24,26,31H,9,11,14-15H2,1-4H3/t20-,24?/m0/s1. The molecule has 1 unspecified atom stereocenters. The molecule has 8 heteroatoms. The molecule has 0 aromatic heterocycles. The van der Waals surface area contributed by atoms with Gasteiger partial charge >= 0.3 is 0 Å². The zero-order chi connectivity index (χ0) is 23.8. The number of ether oxygens (including phenoxy) is 2. The number of anilines is 1. The van der Waals surface area contributed by atoms with Gasteiger partial charge in [0.15, 0.2) is 11.5 Å². The molecule has 8 nitrogen and oxygen atoms in total. The number of nitrogens with zero attached hydrogens (tertiary/aromatic N) is 2. The molecule has 4 rings (SSSR count). The molecule has 2 aromatic rings. The third kappa shape index (κ3) is 4.54. The molecule has 0 spiro atoms. The van der Waals surface area contributed by atoms with E-state index in [1.165, 1.54) is 7.11 Å². The predicted molar refractivity (Wildman–Crippen MR) is 125 cm³/mol. The Bertz CT molecular complexity index is 1050. The van der Waals surface area contributed by atoms with Crippen molar-refractivity contribution in [3.63, 3.8) is 0 Å². The number of hydrogen-bond donors (Lipinski definition) is 2. The summed E-state index contributed by atoms with van der Waals surface area (Å²) in [5.41, 5.74) is 2.65. The van der Waals surface area contributed by atoms with Crippen molar-refractivity contribution in [2.24, 2.45) is 0 Å². The second-order valence-corrected chi connectivity index (χ2v) is 9.37. The molecule has 0 aliphatic carbocycles. The zero-order valence-electron chi connectivity index (χ0n) is 19.5. The number of amides is 1. The molecule has 176 valence electrons. The van der Waals surface area contributed by atoms with Crippen LogP contribution in [0.15, 0.2) is 36.4 Å². The van der Waals surface area contributed by atoms with Crippen LogP contribution in [0.1, 0.15) is 42.3 Å². The van der Waals surface area contributed by atoms with E-state index < -0.39 is 17.9 Å². The summed E-state index contributed by atoms with van der Waals surface area (Å²) in [5.74, 6) is 0.748. The van der Waals surface area contributed by atoms with E-state index in [4.69, 9.17) is 9.47 Å². The second-order valence-electron chi connectivity index (χ2n) is 9.37. The summed E-state index contributed by atoms with van der Waals surface area (Å²) < 4.78 is 11.7. The van der Waals surface area contributed by atoms with Gasteiger partial charge in [-0.2, -0.15) is 0 Å². The van der Waals surface area contributed by atoms with Gasteiger partial charge in [0.05, 0.1) is 37.6 Å². The van der Waals surface area contributed by atoms with E-state index in [0.29, 0.717) is 35.7 Å². The van der Waals surface area contributed by atoms with Crippen LogP contribution in [-0.2, 0) is 17.8 Å².